The Balaban J connectivity index is 1.12. The second kappa shape index (κ2) is 14.3. The topological polar surface area (TPSA) is 41.6 Å². The number of nitrogens with two attached hydrogens (primary N) is 1. The maximum Gasteiger partial charge on any atom is 0.0867 e. The number of hydrogen-bond donors (Lipinski definition) is 1. The van der Waals surface area contributed by atoms with Crippen LogP contribution in [0, 0.1) is 0 Å². The average Bonchev–Trinajstić information content (AvgIpc) is 3.21. The van der Waals surface area contributed by atoms with Crippen LogP contribution < -0.4 is 5.73 Å². The van der Waals surface area contributed by atoms with E-state index in [1.165, 1.54) is 44.3 Å². The summed E-state index contributed by atoms with van der Waals surface area (Å²) in [6.45, 7) is 0.205. The van der Waals surface area contributed by atoms with E-state index in [0.717, 1.165) is 33.5 Å². The van der Waals surface area contributed by atoms with Gasteiger partial charge in [-0.25, -0.2) is 0 Å². The molecule has 246 valence electrons. The number of benzene rings is 7. The van der Waals surface area contributed by atoms with Gasteiger partial charge in [-0.1, -0.05) is 176 Å². The van der Waals surface area contributed by atoms with Crippen LogP contribution in [0.5, 0.6) is 0 Å². The predicted octanol–water partition coefficient (Wildman–Crippen LogP) is 11.0. The van der Waals surface area contributed by atoms with Crippen LogP contribution in [-0.2, 0) is 0 Å². The molecule has 7 aromatic carbocycles. The van der Waals surface area contributed by atoms with Crippen LogP contribution in [0.15, 0.2) is 193 Å². The number of fused-ring (bicyclic) bond motifs is 1. The molecule has 1 heterocycles. The molecular formula is C48H39N3. The summed E-state index contributed by atoms with van der Waals surface area (Å²) in [7, 11) is 2.19. The van der Waals surface area contributed by atoms with E-state index in [0.29, 0.717) is 0 Å². The highest BCUT2D eigenvalue weighted by atomic mass is 15.1. The molecule has 1 atom stereocenters. The van der Waals surface area contributed by atoms with Crippen molar-refractivity contribution in [1.29, 1.82) is 0 Å². The van der Waals surface area contributed by atoms with Crippen molar-refractivity contribution < 1.29 is 0 Å². The Hall–Kier alpha value is -6.29. The van der Waals surface area contributed by atoms with Gasteiger partial charge in [-0.3, -0.25) is 4.99 Å². The van der Waals surface area contributed by atoms with Gasteiger partial charge in [-0.2, -0.15) is 0 Å². The lowest BCUT2D eigenvalue weighted by Gasteiger charge is -2.35. The second-order valence-corrected chi connectivity index (χ2v) is 12.9. The van der Waals surface area contributed by atoms with Crippen LogP contribution >= 0.6 is 0 Å². The third-order valence-corrected chi connectivity index (χ3v) is 9.84. The first-order valence-electron chi connectivity index (χ1n) is 17.5. The molecule has 0 aromatic heterocycles. The molecule has 0 aliphatic carbocycles. The molecule has 1 unspecified atom stereocenters. The van der Waals surface area contributed by atoms with Crippen LogP contribution in [0.1, 0.15) is 33.9 Å². The molecule has 1 aliphatic rings. The van der Waals surface area contributed by atoms with Crippen molar-refractivity contribution in [2.24, 2.45) is 10.7 Å². The number of hydrogen-bond acceptors (Lipinski definition) is 3. The standard InChI is InChI=1S/C48H39N3/c1-51-45(38-16-7-3-8-17-38)31-42(34-13-5-2-6-14-34)32-46(51)39-25-21-35(22-26-39)36-23-27-41(28-24-36)48(50-33-49)44-30-29-37-15-11-12-20-43(37)47(44)40-18-9-4-10-19-40/h2-32,45H,33,49H2,1H3/b50-48-. The predicted molar refractivity (Wildman–Crippen MR) is 215 cm³/mol. The maximum absolute atomic E-state index is 6.10. The molecule has 0 saturated carbocycles. The highest BCUT2D eigenvalue weighted by molar-refractivity contribution is 6.20. The summed E-state index contributed by atoms with van der Waals surface area (Å²) in [4.78, 5) is 7.24. The molecule has 0 spiro atoms. The molecule has 0 fully saturated rings. The first-order valence-corrected chi connectivity index (χ1v) is 17.5. The normalized spacial score (nSPS) is 14.7. The first kappa shape index (κ1) is 31.9. The van der Waals surface area contributed by atoms with Gasteiger partial charge in [0.25, 0.3) is 0 Å². The molecule has 0 bridgehead atoms. The number of nitrogens with zero attached hydrogens (tertiary/aromatic N) is 2. The fourth-order valence-corrected chi connectivity index (χ4v) is 7.26. The lowest BCUT2D eigenvalue weighted by molar-refractivity contribution is 0.413. The van der Waals surface area contributed by atoms with E-state index < -0.39 is 0 Å². The van der Waals surface area contributed by atoms with Gasteiger partial charge in [0.15, 0.2) is 0 Å². The summed E-state index contributed by atoms with van der Waals surface area (Å²) in [5.74, 6) is 0. The average molecular weight is 658 g/mol. The number of aliphatic imine (C=N–C) groups is 1. The van der Waals surface area contributed by atoms with E-state index >= 15 is 0 Å². The van der Waals surface area contributed by atoms with Crippen molar-refractivity contribution in [3.63, 3.8) is 0 Å². The quantitative estimate of drug-likeness (QED) is 0.165. The van der Waals surface area contributed by atoms with Crippen molar-refractivity contribution in [3.05, 3.63) is 216 Å². The molecule has 2 N–H and O–H groups in total. The van der Waals surface area contributed by atoms with Gasteiger partial charge in [-0.05, 0) is 67.4 Å². The molecule has 7 aromatic rings. The Morgan fingerprint density at radius 3 is 1.80 bits per heavy atom. The number of rotatable bonds is 8. The lowest BCUT2D eigenvalue weighted by atomic mass is 9.88. The van der Waals surface area contributed by atoms with Crippen LogP contribution in [0.2, 0.25) is 0 Å². The van der Waals surface area contributed by atoms with Gasteiger partial charge < -0.3 is 10.6 Å². The maximum atomic E-state index is 6.10. The zero-order chi connectivity index (χ0) is 34.6. The molecule has 51 heavy (non-hydrogen) atoms. The second-order valence-electron chi connectivity index (χ2n) is 12.9. The van der Waals surface area contributed by atoms with Crippen LogP contribution in [-0.4, -0.2) is 24.3 Å². The molecule has 0 radical (unpaired) electrons. The summed E-state index contributed by atoms with van der Waals surface area (Å²) >= 11 is 0. The van der Waals surface area contributed by atoms with Crippen molar-refractivity contribution in [2.75, 3.05) is 13.7 Å². The zero-order valence-corrected chi connectivity index (χ0v) is 28.7. The van der Waals surface area contributed by atoms with Crippen molar-refractivity contribution in [3.8, 4) is 22.3 Å². The van der Waals surface area contributed by atoms with Crippen LogP contribution in [0.3, 0.4) is 0 Å². The minimum Gasteiger partial charge on any atom is -0.364 e. The molecule has 3 heteroatoms. The van der Waals surface area contributed by atoms with E-state index in [9.17, 15) is 0 Å². The SMILES string of the molecule is CN1C(c2ccc(-c3ccc(/C(=N/CN)c4ccc5ccccc5c4-c4ccccc4)cc3)cc2)=CC(c2ccccc2)=CC1c1ccccc1. The highest BCUT2D eigenvalue weighted by Crippen LogP contribution is 2.39. The van der Waals surface area contributed by atoms with Crippen molar-refractivity contribution >= 4 is 27.8 Å². The van der Waals surface area contributed by atoms with Gasteiger partial charge in [0, 0.05) is 23.9 Å². The Bertz CT molecular complexity index is 2370. The zero-order valence-electron chi connectivity index (χ0n) is 28.7. The summed E-state index contributed by atoms with van der Waals surface area (Å²) in [6.07, 6.45) is 4.68. The van der Waals surface area contributed by atoms with Crippen molar-refractivity contribution in [1.82, 2.24) is 4.90 Å². The summed E-state index contributed by atoms with van der Waals surface area (Å²) in [5.41, 5.74) is 19.8. The van der Waals surface area contributed by atoms with Crippen LogP contribution in [0.4, 0.5) is 0 Å². The van der Waals surface area contributed by atoms with Crippen molar-refractivity contribution in [2.45, 2.75) is 6.04 Å². The third-order valence-electron chi connectivity index (χ3n) is 9.84. The first-order chi connectivity index (χ1) is 25.2. The van der Waals surface area contributed by atoms with E-state index in [-0.39, 0.29) is 12.7 Å². The van der Waals surface area contributed by atoms with E-state index in [1.807, 2.05) is 0 Å². The Morgan fingerprint density at radius 1 is 0.569 bits per heavy atom. The number of likely N-dealkylation sites (N-methyl/N-ethyl adjacent to an activating group) is 1. The molecule has 3 nitrogen and oxygen atoms in total. The van der Waals surface area contributed by atoms with Gasteiger partial charge in [0.05, 0.1) is 18.4 Å². The fraction of sp³-hybridized carbons (Fsp3) is 0.0625. The van der Waals surface area contributed by atoms with Crippen LogP contribution in [0.25, 0.3) is 44.3 Å². The molecule has 0 saturated heterocycles. The lowest BCUT2D eigenvalue weighted by Crippen LogP contribution is -2.24. The Kier molecular flexibility index (Phi) is 8.95. The highest BCUT2D eigenvalue weighted by Gasteiger charge is 2.24. The molecular weight excluding hydrogens is 619 g/mol. The summed E-state index contributed by atoms with van der Waals surface area (Å²) in [5, 5.41) is 2.40. The fourth-order valence-electron chi connectivity index (χ4n) is 7.26. The monoisotopic (exact) mass is 657 g/mol. The molecule has 0 amide bonds. The van der Waals surface area contributed by atoms with Gasteiger partial charge in [0.1, 0.15) is 0 Å². The third kappa shape index (κ3) is 6.43. The van der Waals surface area contributed by atoms with Gasteiger partial charge in [-0.15, -0.1) is 0 Å². The summed E-state index contributed by atoms with van der Waals surface area (Å²) in [6, 6.07) is 62.6. The Labute approximate surface area is 300 Å². The molecule has 1 aliphatic heterocycles. The largest absolute Gasteiger partial charge is 0.364 e. The smallest absolute Gasteiger partial charge is 0.0867 e. The Morgan fingerprint density at radius 2 is 1.14 bits per heavy atom. The summed E-state index contributed by atoms with van der Waals surface area (Å²) < 4.78 is 0. The van der Waals surface area contributed by atoms with Gasteiger partial charge >= 0.3 is 0 Å². The van der Waals surface area contributed by atoms with E-state index in [2.05, 4.69) is 200 Å². The molecule has 8 rings (SSSR count). The minimum absolute atomic E-state index is 0.128. The van der Waals surface area contributed by atoms with E-state index in [4.69, 9.17) is 10.7 Å². The number of allylic oxidation sites excluding steroid dienone is 2. The van der Waals surface area contributed by atoms with Gasteiger partial charge in [0.2, 0.25) is 0 Å². The minimum atomic E-state index is 0.128. The van der Waals surface area contributed by atoms with E-state index in [1.54, 1.807) is 0 Å².